The molecule has 0 saturated heterocycles. The minimum atomic E-state index is -2.86. The summed E-state index contributed by atoms with van der Waals surface area (Å²) in [6, 6.07) is 13.3. The lowest BCUT2D eigenvalue weighted by atomic mass is 10.0. The molecular weight excluding hydrogens is 336 g/mol. The number of amides is 1. The fourth-order valence-corrected chi connectivity index (χ4v) is 2.46. The quantitative estimate of drug-likeness (QED) is 0.780. The molecule has 0 spiro atoms. The van der Waals surface area contributed by atoms with E-state index < -0.39 is 6.61 Å². The van der Waals surface area contributed by atoms with E-state index in [0.717, 1.165) is 17.5 Å². The van der Waals surface area contributed by atoms with Crippen molar-refractivity contribution in [1.29, 1.82) is 0 Å². The predicted molar refractivity (Wildman–Crippen MR) is 89.4 cm³/mol. The first-order chi connectivity index (χ1) is 11.5. The Hall–Kier alpha value is -2.14. The number of rotatable bonds is 7. The normalized spacial score (nSPS) is 12.0. The molecule has 1 atom stereocenters. The van der Waals surface area contributed by atoms with Crippen molar-refractivity contribution in [1.82, 2.24) is 5.32 Å². The Morgan fingerprint density at radius 1 is 1.12 bits per heavy atom. The molecule has 0 aliphatic rings. The molecule has 128 valence electrons. The van der Waals surface area contributed by atoms with Crippen LogP contribution in [-0.4, -0.2) is 12.5 Å². The second kappa shape index (κ2) is 8.64. The highest BCUT2D eigenvalue weighted by Gasteiger charge is 2.13. The van der Waals surface area contributed by atoms with Crippen LogP contribution in [0.3, 0.4) is 0 Å². The van der Waals surface area contributed by atoms with Gasteiger partial charge in [-0.15, -0.1) is 0 Å². The van der Waals surface area contributed by atoms with Crippen LogP contribution >= 0.6 is 11.6 Å². The van der Waals surface area contributed by atoms with Gasteiger partial charge in [0.15, 0.2) is 0 Å². The Bertz CT molecular complexity index is 660. The number of halogens is 3. The molecule has 2 aromatic rings. The lowest BCUT2D eigenvalue weighted by Gasteiger charge is -2.17. The van der Waals surface area contributed by atoms with E-state index in [0.29, 0.717) is 5.02 Å². The van der Waals surface area contributed by atoms with Crippen molar-refractivity contribution in [2.24, 2.45) is 0 Å². The second-order valence-electron chi connectivity index (χ2n) is 5.28. The monoisotopic (exact) mass is 353 g/mol. The van der Waals surface area contributed by atoms with Crippen molar-refractivity contribution >= 4 is 17.5 Å². The summed E-state index contributed by atoms with van der Waals surface area (Å²) in [6.45, 7) is -0.875. The number of hydrogen-bond acceptors (Lipinski definition) is 2. The number of carbonyl (C=O) groups is 1. The molecular formula is C18H18ClF2NO2. The third kappa shape index (κ3) is 5.49. The first-order valence-electron chi connectivity index (χ1n) is 7.56. The topological polar surface area (TPSA) is 38.3 Å². The van der Waals surface area contributed by atoms with Crippen LogP contribution in [0.25, 0.3) is 0 Å². The summed E-state index contributed by atoms with van der Waals surface area (Å²) in [7, 11) is 0. The first kappa shape index (κ1) is 18.2. The van der Waals surface area contributed by atoms with Crippen LogP contribution in [0.15, 0.2) is 48.5 Å². The van der Waals surface area contributed by atoms with Crippen molar-refractivity contribution < 1.29 is 18.3 Å². The smallest absolute Gasteiger partial charge is 0.387 e. The van der Waals surface area contributed by atoms with Gasteiger partial charge in [0.2, 0.25) is 5.91 Å². The fraction of sp³-hybridized carbons (Fsp3) is 0.278. The van der Waals surface area contributed by atoms with Gasteiger partial charge >= 0.3 is 6.61 Å². The zero-order valence-electron chi connectivity index (χ0n) is 13.1. The van der Waals surface area contributed by atoms with Gasteiger partial charge in [-0.05, 0) is 41.8 Å². The van der Waals surface area contributed by atoms with Crippen molar-refractivity contribution in [3.8, 4) is 5.75 Å². The lowest BCUT2D eigenvalue weighted by molar-refractivity contribution is -0.121. The van der Waals surface area contributed by atoms with Gasteiger partial charge in [-0.2, -0.15) is 8.78 Å². The fourth-order valence-electron chi connectivity index (χ4n) is 2.34. The molecule has 2 aromatic carbocycles. The molecule has 2 rings (SSSR count). The van der Waals surface area contributed by atoms with E-state index in [4.69, 9.17) is 11.6 Å². The van der Waals surface area contributed by atoms with Gasteiger partial charge in [-0.1, -0.05) is 42.8 Å². The summed E-state index contributed by atoms with van der Waals surface area (Å²) in [4.78, 5) is 12.2. The Balaban J connectivity index is 1.94. The zero-order valence-corrected chi connectivity index (χ0v) is 13.9. The van der Waals surface area contributed by atoms with Crippen LogP contribution in [0, 0.1) is 0 Å². The summed E-state index contributed by atoms with van der Waals surface area (Å²) < 4.78 is 28.5. The number of alkyl halides is 2. The molecule has 0 saturated carbocycles. The average molecular weight is 354 g/mol. The van der Waals surface area contributed by atoms with Gasteiger partial charge in [0.1, 0.15) is 5.75 Å². The van der Waals surface area contributed by atoms with Crippen LogP contribution < -0.4 is 10.1 Å². The molecule has 1 amide bonds. The zero-order chi connectivity index (χ0) is 17.5. The van der Waals surface area contributed by atoms with E-state index in [1.54, 1.807) is 24.3 Å². The molecule has 0 aliphatic heterocycles. The molecule has 0 fully saturated rings. The molecule has 1 unspecified atom stereocenters. The summed E-state index contributed by atoms with van der Waals surface area (Å²) in [5.74, 6) is -0.0684. The molecule has 0 heterocycles. The standard InChI is InChI=1S/C18H18ClF2NO2/c1-2-16(13-5-7-14(19)8-6-13)22-17(23)11-12-3-9-15(10-4-12)24-18(20)21/h3-10,16,18H,2,11H2,1H3,(H,22,23). The van der Waals surface area contributed by atoms with Crippen molar-refractivity contribution in [3.05, 3.63) is 64.7 Å². The van der Waals surface area contributed by atoms with E-state index in [1.165, 1.54) is 12.1 Å². The van der Waals surface area contributed by atoms with Gasteiger partial charge in [-0.25, -0.2) is 0 Å². The van der Waals surface area contributed by atoms with E-state index >= 15 is 0 Å². The Labute approximate surface area is 144 Å². The Morgan fingerprint density at radius 2 is 1.75 bits per heavy atom. The minimum Gasteiger partial charge on any atom is -0.435 e. The second-order valence-corrected chi connectivity index (χ2v) is 5.72. The van der Waals surface area contributed by atoms with E-state index in [9.17, 15) is 13.6 Å². The van der Waals surface area contributed by atoms with Crippen LogP contribution in [0.4, 0.5) is 8.78 Å². The Kier molecular flexibility index (Phi) is 6.55. The Morgan fingerprint density at radius 3 is 2.29 bits per heavy atom. The third-order valence-corrected chi connectivity index (χ3v) is 3.78. The van der Waals surface area contributed by atoms with Gasteiger partial charge in [0, 0.05) is 5.02 Å². The summed E-state index contributed by atoms with van der Waals surface area (Å²) >= 11 is 5.87. The van der Waals surface area contributed by atoms with E-state index in [1.807, 2.05) is 19.1 Å². The highest BCUT2D eigenvalue weighted by molar-refractivity contribution is 6.30. The third-order valence-electron chi connectivity index (χ3n) is 3.53. The average Bonchev–Trinajstić information content (AvgIpc) is 2.55. The van der Waals surface area contributed by atoms with Crippen LogP contribution in [-0.2, 0) is 11.2 Å². The first-order valence-corrected chi connectivity index (χ1v) is 7.94. The number of carbonyl (C=O) groups excluding carboxylic acids is 1. The molecule has 24 heavy (non-hydrogen) atoms. The van der Waals surface area contributed by atoms with Gasteiger partial charge in [0.05, 0.1) is 12.5 Å². The maximum atomic E-state index is 12.2. The summed E-state index contributed by atoms with van der Waals surface area (Å²) in [5, 5.41) is 3.61. The number of benzene rings is 2. The molecule has 0 radical (unpaired) electrons. The van der Waals surface area contributed by atoms with E-state index in [-0.39, 0.29) is 24.1 Å². The van der Waals surface area contributed by atoms with Crippen molar-refractivity contribution in [2.75, 3.05) is 0 Å². The number of nitrogens with one attached hydrogen (secondary N) is 1. The minimum absolute atomic E-state index is 0.0711. The maximum absolute atomic E-state index is 12.2. The lowest BCUT2D eigenvalue weighted by Crippen LogP contribution is -2.29. The van der Waals surface area contributed by atoms with Crippen molar-refractivity contribution in [2.45, 2.75) is 32.4 Å². The number of ether oxygens (including phenoxy) is 1. The summed E-state index contributed by atoms with van der Waals surface area (Å²) in [5.41, 5.74) is 1.70. The van der Waals surface area contributed by atoms with Gasteiger partial charge < -0.3 is 10.1 Å². The molecule has 3 nitrogen and oxygen atoms in total. The van der Waals surface area contributed by atoms with Crippen LogP contribution in [0.1, 0.15) is 30.5 Å². The molecule has 0 aromatic heterocycles. The van der Waals surface area contributed by atoms with Gasteiger partial charge in [-0.3, -0.25) is 4.79 Å². The van der Waals surface area contributed by atoms with Crippen LogP contribution in [0.5, 0.6) is 5.75 Å². The highest BCUT2D eigenvalue weighted by atomic mass is 35.5. The van der Waals surface area contributed by atoms with Gasteiger partial charge in [0.25, 0.3) is 0 Å². The molecule has 0 aliphatic carbocycles. The molecule has 6 heteroatoms. The van der Waals surface area contributed by atoms with E-state index in [2.05, 4.69) is 10.1 Å². The number of hydrogen-bond donors (Lipinski definition) is 1. The highest BCUT2D eigenvalue weighted by Crippen LogP contribution is 2.20. The SMILES string of the molecule is CCC(NC(=O)Cc1ccc(OC(F)F)cc1)c1ccc(Cl)cc1. The summed E-state index contributed by atoms with van der Waals surface area (Å²) in [6.07, 6.45) is 0.910. The van der Waals surface area contributed by atoms with Crippen LogP contribution in [0.2, 0.25) is 5.02 Å². The van der Waals surface area contributed by atoms with Crippen molar-refractivity contribution in [3.63, 3.8) is 0 Å². The predicted octanol–water partition coefficient (Wildman–Crippen LogP) is 4.75. The molecule has 1 N–H and O–H groups in total. The maximum Gasteiger partial charge on any atom is 0.387 e. The largest absolute Gasteiger partial charge is 0.435 e. The molecule has 0 bridgehead atoms.